The molecule has 8 heteroatoms. The van der Waals surface area contributed by atoms with Gasteiger partial charge in [-0.2, -0.15) is 5.10 Å². The Morgan fingerprint density at radius 2 is 2.20 bits per heavy atom. The molecule has 7 nitrogen and oxygen atoms in total. The van der Waals surface area contributed by atoms with E-state index < -0.39 is 17.5 Å². The summed E-state index contributed by atoms with van der Waals surface area (Å²) < 4.78 is 1.69. The molecule has 0 saturated carbocycles. The van der Waals surface area contributed by atoms with Crippen LogP contribution >= 0.6 is 11.3 Å². The summed E-state index contributed by atoms with van der Waals surface area (Å²) in [6.45, 7) is 2.63. The molecule has 0 radical (unpaired) electrons. The van der Waals surface area contributed by atoms with Crippen LogP contribution in [0.3, 0.4) is 0 Å². The molecule has 1 unspecified atom stereocenters. The van der Waals surface area contributed by atoms with Crippen LogP contribution in [-0.4, -0.2) is 44.0 Å². The van der Waals surface area contributed by atoms with E-state index in [2.05, 4.69) is 10.4 Å². The van der Waals surface area contributed by atoms with Crippen molar-refractivity contribution < 1.29 is 19.8 Å². The number of carboxylic acids is 1. The van der Waals surface area contributed by atoms with Gasteiger partial charge in [-0.25, -0.2) is 4.79 Å². The first-order valence-electron chi connectivity index (χ1n) is 5.89. The molecule has 108 valence electrons. The van der Waals surface area contributed by atoms with Gasteiger partial charge in [-0.3, -0.25) is 9.48 Å². The van der Waals surface area contributed by atoms with Gasteiger partial charge in [-0.05, 0) is 19.9 Å². The Kier molecular flexibility index (Phi) is 3.53. The number of aromatic nitrogens is 2. The number of rotatable bonds is 4. The Balaban J connectivity index is 2.16. The summed E-state index contributed by atoms with van der Waals surface area (Å²) in [6, 6.07) is 1.72. The van der Waals surface area contributed by atoms with Gasteiger partial charge in [-0.1, -0.05) is 0 Å². The molecule has 0 aromatic carbocycles. The minimum atomic E-state index is -1.98. The number of aliphatic carboxylic acids is 1. The molecular weight excluding hydrogens is 282 g/mol. The number of thiophene rings is 1. The molecule has 0 saturated heterocycles. The van der Waals surface area contributed by atoms with Gasteiger partial charge in [0.15, 0.2) is 5.60 Å². The first-order chi connectivity index (χ1) is 9.22. The molecule has 2 aromatic heterocycles. The van der Waals surface area contributed by atoms with Gasteiger partial charge in [0.1, 0.15) is 4.83 Å². The zero-order valence-corrected chi connectivity index (χ0v) is 12.1. The Morgan fingerprint density at radius 1 is 1.55 bits per heavy atom. The van der Waals surface area contributed by atoms with Gasteiger partial charge in [0.2, 0.25) is 0 Å². The maximum atomic E-state index is 12.0. The van der Waals surface area contributed by atoms with E-state index in [0.29, 0.717) is 4.88 Å². The summed E-state index contributed by atoms with van der Waals surface area (Å²) in [5, 5.41) is 25.9. The zero-order valence-electron chi connectivity index (χ0n) is 11.3. The molecule has 20 heavy (non-hydrogen) atoms. The van der Waals surface area contributed by atoms with Crippen LogP contribution < -0.4 is 5.32 Å². The molecular formula is C12H15N3O4S. The number of amides is 1. The number of aliphatic hydroxyl groups is 1. The highest BCUT2D eigenvalue weighted by atomic mass is 32.1. The summed E-state index contributed by atoms with van der Waals surface area (Å²) in [7, 11) is 1.79. The van der Waals surface area contributed by atoms with Crippen LogP contribution in [0.1, 0.15) is 22.3 Å². The van der Waals surface area contributed by atoms with E-state index in [1.807, 2.05) is 6.92 Å². The van der Waals surface area contributed by atoms with E-state index in [-0.39, 0.29) is 6.54 Å². The second kappa shape index (κ2) is 4.88. The van der Waals surface area contributed by atoms with Crippen LogP contribution in [0.4, 0.5) is 0 Å². The second-order valence-electron chi connectivity index (χ2n) is 4.80. The molecule has 3 N–H and O–H groups in total. The number of hydrogen-bond acceptors (Lipinski definition) is 5. The summed E-state index contributed by atoms with van der Waals surface area (Å²) in [6.07, 6.45) is 0. The molecule has 1 atom stereocenters. The molecule has 0 aliphatic carbocycles. The fourth-order valence-corrected chi connectivity index (χ4v) is 2.77. The minimum absolute atomic E-state index is 0.355. The molecule has 0 bridgehead atoms. The highest BCUT2D eigenvalue weighted by Gasteiger charge is 2.30. The van der Waals surface area contributed by atoms with Crippen molar-refractivity contribution in [2.75, 3.05) is 6.54 Å². The molecule has 0 spiro atoms. The SMILES string of the molecule is Cc1nn(C)c2sc(C(=O)NCC(C)(O)C(=O)O)cc12. The molecule has 1 amide bonds. The number of fused-ring (bicyclic) bond motifs is 1. The van der Waals surface area contributed by atoms with E-state index in [1.165, 1.54) is 11.3 Å². The maximum absolute atomic E-state index is 12.0. The second-order valence-corrected chi connectivity index (χ2v) is 5.83. The fraction of sp³-hybridized carbons (Fsp3) is 0.417. The highest BCUT2D eigenvalue weighted by Crippen LogP contribution is 2.27. The molecule has 2 rings (SSSR count). The fourth-order valence-electron chi connectivity index (χ4n) is 1.73. The monoisotopic (exact) mass is 297 g/mol. The average Bonchev–Trinajstić information content (AvgIpc) is 2.89. The number of carbonyl (C=O) groups is 2. The van der Waals surface area contributed by atoms with Gasteiger partial charge in [-0.15, -0.1) is 11.3 Å². The molecule has 2 heterocycles. The number of nitrogens with one attached hydrogen (secondary N) is 1. The van der Waals surface area contributed by atoms with E-state index in [9.17, 15) is 14.7 Å². The van der Waals surface area contributed by atoms with Crippen molar-refractivity contribution in [2.24, 2.45) is 7.05 Å². The van der Waals surface area contributed by atoms with Gasteiger partial charge >= 0.3 is 5.97 Å². The number of carboxylic acid groups (broad SMARTS) is 1. The summed E-state index contributed by atoms with van der Waals surface area (Å²) >= 11 is 1.27. The lowest BCUT2D eigenvalue weighted by molar-refractivity contribution is -0.155. The van der Waals surface area contributed by atoms with Gasteiger partial charge < -0.3 is 15.5 Å². The minimum Gasteiger partial charge on any atom is -0.479 e. The third-order valence-electron chi connectivity index (χ3n) is 2.97. The quantitative estimate of drug-likeness (QED) is 0.762. The summed E-state index contributed by atoms with van der Waals surface area (Å²) in [5.41, 5.74) is -1.15. The van der Waals surface area contributed by atoms with Crippen LogP contribution in [0.2, 0.25) is 0 Å². The van der Waals surface area contributed by atoms with E-state index >= 15 is 0 Å². The van der Waals surface area contributed by atoms with Crippen LogP contribution in [-0.2, 0) is 11.8 Å². The van der Waals surface area contributed by atoms with Crippen LogP contribution in [0.25, 0.3) is 10.2 Å². The smallest absolute Gasteiger partial charge is 0.337 e. The van der Waals surface area contributed by atoms with Crippen LogP contribution in [0.15, 0.2) is 6.07 Å². The maximum Gasteiger partial charge on any atom is 0.337 e. The van der Waals surface area contributed by atoms with E-state index in [0.717, 1.165) is 22.8 Å². The van der Waals surface area contributed by atoms with Crippen LogP contribution in [0, 0.1) is 6.92 Å². The molecule has 0 aliphatic heterocycles. The van der Waals surface area contributed by atoms with Crippen molar-refractivity contribution in [1.82, 2.24) is 15.1 Å². The highest BCUT2D eigenvalue weighted by molar-refractivity contribution is 7.20. The molecule has 0 fully saturated rings. The average molecular weight is 297 g/mol. The van der Waals surface area contributed by atoms with Crippen molar-refractivity contribution in [1.29, 1.82) is 0 Å². The Morgan fingerprint density at radius 3 is 2.75 bits per heavy atom. The van der Waals surface area contributed by atoms with Crippen molar-refractivity contribution >= 4 is 33.4 Å². The summed E-state index contributed by atoms with van der Waals surface area (Å²) in [4.78, 5) is 24.0. The van der Waals surface area contributed by atoms with E-state index in [4.69, 9.17) is 5.11 Å². The first-order valence-corrected chi connectivity index (χ1v) is 6.71. The number of nitrogens with zero attached hydrogens (tertiary/aromatic N) is 2. The normalized spacial score (nSPS) is 14.2. The topological polar surface area (TPSA) is 104 Å². The molecule has 0 aliphatic rings. The third-order valence-corrected chi connectivity index (χ3v) is 4.17. The Bertz CT molecular complexity index is 652. The lowest BCUT2D eigenvalue weighted by atomic mass is 10.1. The first kappa shape index (κ1) is 14.5. The number of carbonyl (C=O) groups excluding carboxylic acids is 1. The zero-order chi connectivity index (χ0) is 15.1. The van der Waals surface area contributed by atoms with Gasteiger partial charge in [0.25, 0.3) is 5.91 Å². The van der Waals surface area contributed by atoms with Crippen LogP contribution in [0.5, 0.6) is 0 Å². The molecule has 2 aromatic rings. The predicted molar refractivity (Wildman–Crippen MR) is 73.9 cm³/mol. The Hall–Kier alpha value is -1.93. The lowest BCUT2D eigenvalue weighted by Gasteiger charge is -2.17. The van der Waals surface area contributed by atoms with Gasteiger partial charge in [0, 0.05) is 12.4 Å². The van der Waals surface area contributed by atoms with Crippen molar-refractivity contribution in [2.45, 2.75) is 19.4 Å². The van der Waals surface area contributed by atoms with Gasteiger partial charge in [0.05, 0.1) is 17.1 Å². The van der Waals surface area contributed by atoms with Crippen molar-refractivity contribution in [3.8, 4) is 0 Å². The van der Waals surface area contributed by atoms with Crippen molar-refractivity contribution in [3.63, 3.8) is 0 Å². The van der Waals surface area contributed by atoms with Crippen molar-refractivity contribution in [3.05, 3.63) is 16.6 Å². The number of hydrogen-bond donors (Lipinski definition) is 3. The number of aryl methyl sites for hydroxylation is 2. The largest absolute Gasteiger partial charge is 0.479 e. The standard InChI is InChI=1S/C12H15N3O4S/c1-6-7-4-8(20-10(7)15(3)14-6)9(16)13-5-12(2,19)11(17)18/h4,19H,5H2,1-3H3,(H,13,16)(H,17,18). The predicted octanol–water partition coefficient (Wildman–Crippen LogP) is 0.509. The third kappa shape index (κ3) is 2.52. The lowest BCUT2D eigenvalue weighted by Crippen LogP contribution is -2.46. The van der Waals surface area contributed by atoms with E-state index in [1.54, 1.807) is 17.8 Å². The Labute approximate surface area is 118 Å². The summed E-state index contributed by atoms with van der Waals surface area (Å²) in [5.74, 6) is -1.79.